The smallest absolute Gasteiger partial charge is 0.328 e. The Morgan fingerprint density at radius 1 is 0.762 bits per heavy atom. The second-order valence-electron chi connectivity index (χ2n) is 4.50. The van der Waals surface area contributed by atoms with E-state index in [1.54, 1.807) is 0 Å². The number of rotatable bonds is 2. The summed E-state index contributed by atoms with van der Waals surface area (Å²) in [5, 5.41) is 15.6. The molecule has 0 unspecified atom stereocenters. The van der Waals surface area contributed by atoms with E-state index in [-0.39, 0.29) is 0 Å². The van der Waals surface area contributed by atoms with Crippen LogP contribution in [0.4, 0.5) is 0 Å². The van der Waals surface area contributed by atoms with Crippen molar-refractivity contribution in [2.45, 2.75) is 6.42 Å². The monoisotopic (exact) mass is 282 g/mol. The van der Waals surface area contributed by atoms with Gasteiger partial charge >= 0.3 is 11.9 Å². The van der Waals surface area contributed by atoms with Crippen molar-refractivity contribution in [3.8, 4) is 11.1 Å². The van der Waals surface area contributed by atoms with E-state index in [2.05, 4.69) is 48.5 Å². The molecule has 0 aromatic heterocycles. The van der Waals surface area contributed by atoms with E-state index in [9.17, 15) is 9.59 Å². The molecular weight excluding hydrogens is 268 g/mol. The zero-order valence-electron chi connectivity index (χ0n) is 11.2. The van der Waals surface area contributed by atoms with Gasteiger partial charge in [-0.15, -0.1) is 0 Å². The molecule has 2 N–H and O–H groups in total. The first-order valence-corrected chi connectivity index (χ1v) is 6.38. The lowest BCUT2D eigenvalue weighted by Crippen LogP contribution is -1.91. The molecule has 3 rings (SSSR count). The van der Waals surface area contributed by atoms with Gasteiger partial charge in [-0.05, 0) is 28.7 Å². The summed E-state index contributed by atoms with van der Waals surface area (Å²) in [4.78, 5) is 19.1. The number of benzene rings is 2. The summed E-state index contributed by atoms with van der Waals surface area (Å²) in [6.07, 6.45) is 2.22. The van der Waals surface area contributed by atoms with E-state index >= 15 is 0 Å². The summed E-state index contributed by atoms with van der Waals surface area (Å²) in [7, 11) is 0. The van der Waals surface area contributed by atoms with Crippen LogP contribution in [0.25, 0.3) is 11.1 Å². The molecule has 0 aliphatic heterocycles. The third-order valence-electron chi connectivity index (χ3n) is 3.07. The van der Waals surface area contributed by atoms with E-state index < -0.39 is 11.9 Å². The van der Waals surface area contributed by atoms with Gasteiger partial charge in [-0.3, -0.25) is 0 Å². The van der Waals surface area contributed by atoms with Crippen LogP contribution >= 0.6 is 0 Å². The first-order valence-electron chi connectivity index (χ1n) is 6.38. The number of carbonyl (C=O) groups is 2. The third-order valence-corrected chi connectivity index (χ3v) is 3.07. The Labute approximate surface area is 122 Å². The van der Waals surface area contributed by atoms with Crippen LogP contribution in [-0.4, -0.2) is 22.2 Å². The highest BCUT2D eigenvalue weighted by Gasteiger charge is 2.15. The maximum atomic E-state index is 9.55. The van der Waals surface area contributed by atoms with Gasteiger partial charge in [0.1, 0.15) is 0 Å². The van der Waals surface area contributed by atoms with E-state index in [0.29, 0.717) is 12.2 Å². The van der Waals surface area contributed by atoms with Crippen molar-refractivity contribution in [3.63, 3.8) is 0 Å². The normalized spacial score (nSPS) is 11.2. The zero-order chi connectivity index (χ0) is 15.2. The molecule has 0 amide bonds. The molecule has 0 saturated heterocycles. The molecule has 106 valence electrons. The molecule has 0 radical (unpaired) electrons. The summed E-state index contributed by atoms with van der Waals surface area (Å²) in [6.45, 7) is 0. The number of carboxylic acid groups (broad SMARTS) is 2. The largest absolute Gasteiger partial charge is 0.478 e. The van der Waals surface area contributed by atoms with Crippen molar-refractivity contribution in [2.75, 3.05) is 0 Å². The predicted octanol–water partition coefficient (Wildman–Crippen LogP) is 2.97. The quantitative estimate of drug-likeness (QED) is 0.709. The molecule has 2 aromatic rings. The van der Waals surface area contributed by atoms with Crippen molar-refractivity contribution >= 4 is 11.9 Å². The van der Waals surface area contributed by atoms with Crippen molar-refractivity contribution in [1.29, 1.82) is 0 Å². The highest BCUT2D eigenvalue weighted by molar-refractivity contribution is 5.89. The van der Waals surface area contributed by atoms with Crippen molar-refractivity contribution < 1.29 is 19.8 Å². The summed E-state index contributed by atoms with van der Waals surface area (Å²) in [6, 6.07) is 17.3. The van der Waals surface area contributed by atoms with Gasteiger partial charge < -0.3 is 10.2 Å². The summed E-state index contributed by atoms with van der Waals surface area (Å²) >= 11 is 0. The minimum Gasteiger partial charge on any atom is -0.478 e. The van der Waals surface area contributed by atoms with E-state index in [1.807, 2.05) is 0 Å². The third kappa shape index (κ3) is 3.79. The maximum absolute atomic E-state index is 9.55. The fourth-order valence-corrected chi connectivity index (χ4v) is 2.22. The SMILES string of the molecule is O=C(O)C=CC(=O)O.c1ccc2c(c1)Cc1ccccc1-2. The number of carboxylic acids is 2. The molecule has 0 fully saturated rings. The summed E-state index contributed by atoms with van der Waals surface area (Å²) in [5.74, 6) is -2.51. The van der Waals surface area contributed by atoms with Crippen LogP contribution in [0.15, 0.2) is 60.7 Å². The molecule has 0 spiro atoms. The van der Waals surface area contributed by atoms with E-state index in [0.717, 1.165) is 6.42 Å². The second kappa shape index (κ2) is 6.52. The molecule has 0 bridgehead atoms. The van der Waals surface area contributed by atoms with Gasteiger partial charge in [0.25, 0.3) is 0 Å². The minimum atomic E-state index is -1.26. The lowest BCUT2D eigenvalue weighted by atomic mass is 10.1. The van der Waals surface area contributed by atoms with E-state index in [4.69, 9.17) is 10.2 Å². The fourth-order valence-electron chi connectivity index (χ4n) is 2.22. The van der Waals surface area contributed by atoms with Crippen molar-refractivity contribution in [1.82, 2.24) is 0 Å². The van der Waals surface area contributed by atoms with Crippen LogP contribution in [0.3, 0.4) is 0 Å². The Hall–Kier alpha value is -2.88. The zero-order valence-corrected chi connectivity index (χ0v) is 11.2. The molecule has 4 heteroatoms. The minimum absolute atomic E-state index is 0.558. The Morgan fingerprint density at radius 3 is 1.52 bits per heavy atom. The van der Waals surface area contributed by atoms with Crippen LogP contribution in [0, 0.1) is 0 Å². The highest BCUT2D eigenvalue weighted by atomic mass is 16.4. The Balaban J connectivity index is 0.000000177. The summed E-state index contributed by atoms with van der Waals surface area (Å²) < 4.78 is 0. The molecule has 21 heavy (non-hydrogen) atoms. The van der Waals surface area contributed by atoms with Gasteiger partial charge in [0.2, 0.25) is 0 Å². The lowest BCUT2D eigenvalue weighted by Gasteiger charge is -1.98. The van der Waals surface area contributed by atoms with Crippen LogP contribution in [0.2, 0.25) is 0 Å². The molecule has 0 heterocycles. The Bertz CT molecular complexity index is 642. The van der Waals surface area contributed by atoms with Crippen LogP contribution in [0.1, 0.15) is 11.1 Å². The Morgan fingerprint density at radius 2 is 1.14 bits per heavy atom. The predicted molar refractivity (Wildman–Crippen MR) is 79.1 cm³/mol. The first kappa shape index (κ1) is 14.5. The molecule has 1 aliphatic rings. The Kier molecular flexibility index (Phi) is 4.51. The van der Waals surface area contributed by atoms with Crippen LogP contribution in [-0.2, 0) is 16.0 Å². The van der Waals surface area contributed by atoms with Crippen molar-refractivity contribution in [2.24, 2.45) is 0 Å². The molecule has 2 aromatic carbocycles. The number of fused-ring (bicyclic) bond motifs is 3. The molecule has 1 aliphatic carbocycles. The fraction of sp³-hybridized carbons (Fsp3) is 0.0588. The summed E-state index contributed by atoms with van der Waals surface area (Å²) in [5.41, 5.74) is 5.75. The number of hydrogen-bond donors (Lipinski definition) is 2. The number of hydrogen-bond acceptors (Lipinski definition) is 2. The molecule has 0 atom stereocenters. The van der Waals surface area contributed by atoms with Gasteiger partial charge in [0.05, 0.1) is 0 Å². The van der Waals surface area contributed by atoms with Crippen molar-refractivity contribution in [3.05, 3.63) is 71.8 Å². The van der Waals surface area contributed by atoms with Gasteiger partial charge in [-0.1, -0.05) is 48.5 Å². The molecule has 0 saturated carbocycles. The van der Waals surface area contributed by atoms with Gasteiger partial charge in [-0.2, -0.15) is 0 Å². The maximum Gasteiger partial charge on any atom is 0.328 e. The lowest BCUT2D eigenvalue weighted by molar-refractivity contribution is -0.134. The first-order chi connectivity index (χ1) is 10.1. The molecule has 4 nitrogen and oxygen atoms in total. The van der Waals surface area contributed by atoms with Crippen LogP contribution in [0.5, 0.6) is 0 Å². The number of aliphatic carboxylic acids is 2. The van der Waals surface area contributed by atoms with Gasteiger partial charge in [0.15, 0.2) is 0 Å². The average Bonchev–Trinajstić information content (AvgIpc) is 2.84. The average molecular weight is 282 g/mol. The van der Waals surface area contributed by atoms with Gasteiger partial charge in [-0.25, -0.2) is 9.59 Å². The topological polar surface area (TPSA) is 74.6 Å². The standard InChI is InChI=1S/C13H10.C4H4O4/c1-3-7-12-10(5-1)9-11-6-2-4-8-13(11)12;5-3(6)1-2-4(7)8/h1-8H,9H2;1-2H,(H,5,6)(H,7,8). The van der Waals surface area contributed by atoms with Gasteiger partial charge in [0, 0.05) is 12.2 Å². The highest BCUT2D eigenvalue weighted by Crippen LogP contribution is 2.35. The van der Waals surface area contributed by atoms with Crippen LogP contribution < -0.4 is 0 Å². The second-order valence-corrected chi connectivity index (χ2v) is 4.50. The molecular formula is C17H14O4. The van der Waals surface area contributed by atoms with E-state index in [1.165, 1.54) is 22.3 Å².